The van der Waals surface area contributed by atoms with Crippen LogP contribution in [0.25, 0.3) is 0 Å². The van der Waals surface area contributed by atoms with Gasteiger partial charge in [0, 0.05) is 40.4 Å². The van der Waals surface area contributed by atoms with Crippen LogP contribution in [0.15, 0.2) is 23.6 Å². The van der Waals surface area contributed by atoms with Gasteiger partial charge in [0.1, 0.15) is 5.70 Å². The molecule has 0 amide bonds. The van der Waals surface area contributed by atoms with E-state index in [0.29, 0.717) is 12.8 Å². The number of hydrogen-bond donors (Lipinski definition) is 2. The van der Waals surface area contributed by atoms with Crippen LogP contribution < -0.4 is 10.6 Å². The van der Waals surface area contributed by atoms with Crippen molar-refractivity contribution >= 4 is 12.1 Å². The van der Waals surface area contributed by atoms with Crippen molar-refractivity contribution in [3.8, 4) is 0 Å². The normalized spacial score (nSPS) is 26.5. The maximum absolute atomic E-state index is 14.8. The molecule has 0 saturated carbocycles. The van der Waals surface area contributed by atoms with Gasteiger partial charge in [-0.1, -0.05) is 0 Å². The Bertz CT molecular complexity index is 831. The molecule has 0 spiro atoms. The van der Waals surface area contributed by atoms with E-state index in [1.165, 1.54) is 0 Å². The fraction of sp³-hybridized carbons (Fsp3) is 0.750. The van der Waals surface area contributed by atoms with Gasteiger partial charge in [-0.2, -0.15) is 0 Å². The Morgan fingerprint density at radius 1 is 0.794 bits per heavy atom. The summed E-state index contributed by atoms with van der Waals surface area (Å²) in [5.41, 5.74) is -3.77. The summed E-state index contributed by atoms with van der Waals surface area (Å²) in [6.45, 7) is 14.1. The van der Waals surface area contributed by atoms with Crippen LogP contribution in [0, 0.1) is 0 Å². The van der Waals surface area contributed by atoms with Crippen LogP contribution in [0.3, 0.4) is 0 Å². The molecule has 2 aliphatic rings. The van der Waals surface area contributed by atoms with Crippen LogP contribution in [0.5, 0.6) is 0 Å². The summed E-state index contributed by atoms with van der Waals surface area (Å²) in [6.07, 6.45) is 2.09. The lowest BCUT2D eigenvalue weighted by atomic mass is 9.79. The largest absolute Gasteiger partial charge is 0.386 e. The predicted octanol–water partition coefficient (Wildman–Crippen LogP) is 3.66. The lowest BCUT2D eigenvalue weighted by molar-refractivity contribution is -0.289. The first kappa shape index (κ1) is 28.4. The molecule has 0 aromatic carbocycles. The molecule has 2 heterocycles. The molecular weight excluding hydrogens is 446 g/mol. The van der Waals surface area contributed by atoms with Gasteiger partial charge in [0.05, 0.1) is 0 Å². The Kier molecular flexibility index (Phi) is 8.04. The fourth-order valence-corrected chi connectivity index (χ4v) is 5.63. The van der Waals surface area contributed by atoms with E-state index < -0.39 is 51.3 Å². The van der Waals surface area contributed by atoms with E-state index in [0.717, 1.165) is 16.3 Å². The van der Waals surface area contributed by atoms with Crippen LogP contribution in [0.1, 0.15) is 81.1 Å². The van der Waals surface area contributed by atoms with E-state index >= 15 is 0 Å². The predicted molar refractivity (Wildman–Crippen MR) is 122 cm³/mol. The zero-order valence-corrected chi connectivity index (χ0v) is 21.4. The van der Waals surface area contributed by atoms with Crippen molar-refractivity contribution in [2.45, 2.75) is 115 Å². The Morgan fingerprint density at radius 2 is 1.18 bits per heavy atom. The molecule has 34 heavy (non-hydrogen) atoms. The number of allylic oxidation sites excluding steroid dienone is 2. The number of ketones is 1. The number of nitrogens with zero attached hydrogens (tertiary/aromatic N) is 2. The summed E-state index contributed by atoms with van der Waals surface area (Å²) in [5, 5.41) is 32.6. The second-order valence-corrected chi connectivity index (χ2v) is 12.0. The van der Waals surface area contributed by atoms with Crippen molar-refractivity contribution in [3.05, 3.63) is 23.6 Å². The summed E-state index contributed by atoms with van der Waals surface area (Å²) in [7, 11) is 0. The first-order valence-corrected chi connectivity index (χ1v) is 11.6. The van der Waals surface area contributed by atoms with Gasteiger partial charge in [0.15, 0.2) is 17.9 Å². The van der Waals surface area contributed by atoms with Crippen LogP contribution in [-0.2, 0) is 20.0 Å². The van der Waals surface area contributed by atoms with E-state index in [1.54, 1.807) is 55.4 Å². The SMILES string of the molecule is CC1(C)CC(N/C=C(\F)C(=O)/C(NC2CC(C)(C)N([O])C(C)(C)C2)=C(\F)C=O)CC(C)(C)N1[O]. The highest BCUT2D eigenvalue weighted by Crippen LogP contribution is 2.38. The summed E-state index contributed by atoms with van der Waals surface area (Å²) in [4.78, 5) is 23.9. The number of Topliss-reactive ketones (excluding diaryl/α,β-unsaturated/α-hetero) is 1. The third kappa shape index (κ3) is 6.02. The first-order chi connectivity index (χ1) is 15.3. The number of aldehydes is 1. The molecule has 0 aromatic rings. The first-order valence-electron chi connectivity index (χ1n) is 11.6. The molecule has 2 aliphatic heterocycles. The number of nitrogens with one attached hydrogen (secondary N) is 2. The Balaban J connectivity index is 2.20. The maximum atomic E-state index is 14.8. The molecule has 0 atom stereocenters. The van der Waals surface area contributed by atoms with Gasteiger partial charge in [0.2, 0.25) is 5.78 Å². The van der Waals surface area contributed by atoms with Crippen molar-refractivity contribution in [2.75, 3.05) is 0 Å². The molecule has 0 aromatic heterocycles. The number of carbonyl (C=O) groups excluding carboxylic acids is 2. The molecule has 2 fully saturated rings. The molecule has 2 radical (unpaired) electrons. The summed E-state index contributed by atoms with van der Waals surface area (Å²) < 4.78 is 29.2. The van der Waals surface area contributed by atoms with Gasteiger partial charge in [-0.15, -0.1) is 20.5 Å². The monoisotopic (exact) mass is 484 g/mol. The van der Waals surface area contributed by atoms with Crippen LogP contribution >= 0.6 is 0 Å². The van der Waals surface area contributed by atoms with Crippen molar-refractivity contribution in [2.24, 2.45) is 0 Å². The highest BCUT2D eigenvalue weighted by Gasteiger charge is 2.47. The number of halogens is 2. The maximum Gasteiger partial charge on any atom is 0.241 e. The topological polar surface area (TPSA) is 104 Å². The van der Waals surface area contributed by atoms with E-state index in [-0.39, 0.29) is 25.2 Å². The standard InChI is InChI=1S/C24H38F2N4O4/c1-21(2)9-15(10-22(3,4)29(21)33)27-13-17(25)20(32)19(18(26)14-31)28-16-11-23(5,6)30(34)24(7,8)12-16/h13-16,27-28H,9-12H2,1-8H3/b17-13-,19-18+. The van der Waals surface area contributed by atoms with Gasteiger partial charge in [0.25, 0.3) is 0 Å². The van der Waals surface area contributed by atoms with Crippen LogP contribution in [0.4, 0.5) is 8.78 Å². The zero-order chi connectivity index (χ0) is 26.3. The number of piperidine rings is 2. The van der Waals surface area contributed by atoms with Crippen molar-refractivity contribution in [3.63, 3.8) is 0 Å². The van der Waals surface area contributed by atoms with E-state index in [1.807, 2.05) is 0 Å². The average Bonchev–Trinajstić information content (AvgIpc) is 2.70. The summed E-state index contributed by atoms with van der Waals surface area (Å²) >= 11 is 0. The fourth-order valence-electron chi connectivity index (χ4n) is 5.63. The third-order valence-corrected chi connectivity index (χ3v) is 6.76. The number of rotatable bonds is 7. The van der Waals surface area contributed by atoms with Gasteiger partial charge < -0.3 is 10.6 Å². The second kappa shape index (κ2) is 9.64. The van der Waals surface area contributed by atoms with E-state index in [2.05, 4.69) is 10.6 Å². The molecule has 2 saturated heterocycles. The Morgan fingerprint density at radius 3 is 1.56 bits per heavy atom. The smallest absolute Gasteiger partial charge is 0.241 e. The lowest BCUT2D eigenvalue weighted by Gasteiger charge is -2.50. The van der Waals surface area contributed by atoms with E-state index in [9.17, 15) is 28.8 Å². The quantitative estimate of drug-likeness (QED) is 0.422. The molecule has 0 unspecified atom stereocenters. The van der Waals surface area contributed by atoms with Crippen molar-refractivity contribution in [1.29, 1.82) is 0 Å². The Labute approximate surface area is 201 Å². The van der Waals surface area contributed by atoms with Crippen molar-refractivity contribution < 1.29 is 28.8 Å². The van der Waals surface area contributed by atoms with Gasteiger partial charge in [-0.05, 0) is 81.1 Å². The highest BCUT2D eigenvalue weighted by molar-refractivity contribution is 6.08. The molecule has 2 N–H and O–H groups in total. The molecule has 0 bridgehead atoms. The Hall–Kier alpha value is -1.88. The lowest BCUT2D eigenvalue weighted by Crippen LogP contribution is -2.62. The van der Waals surface area contributed by atoms with Gasteiger partial charge in [-0.25, -0.2) is 8.78 Å². The van der Waals surface area contributed by atoms with Crippen molar-refractivity contribution in [1.82, 2.24) is 20.8 Å². The third-order valence-electron chi connectivity index (χ3n) is 6.76. The molecule has 8 nitrogen and oxygen atoms in total. The minimum atomic E-state index is -1.41. The molecule has 192 valence electrons. The summed E-state index contributed by atoms with van der Waals surface area (Å²) in [6, 6.07) is -0.809. The van der Waals surface area contributed by atoms with Gasteiger partial charge >= 0.3 is 0 Å². The minimum absolute atomic E-state index is 0.144. The molecule has 0 aliphatic carbocycles. The van der Waals surface area contributed by atoms with E-state index in [4.69, 9.17) is 0 Å². The van der Waals surface area contributed by atoms with Crippen LogP contribution in [-0.4, -0.2) is 56.4 Å². The average molecular weight is 485 g/mol. The highest BCUT2D eigenvalue weighted by atomic mass is 19.1. The molecule has 2 rings (SSSR count). The van der Waals surface area contributed by atoms with Gasteiger partial charge in [-0.3, -0.25) is 9.59 Å². The zero-order valence-electron chi connectivity index (χ0n) is 21.4. The van der Waals surface area contributed by atoms with Crippen LogP contribution in [0.2, 0.25) is 0 Å². The number of carbonyl (C=O) groups is 2. The minimum Gasteiger partial charge on any atom is -0.386 e. The number of hydrogen-bond acceptors (Lipinski definition) is 6. The second-order valence-electron chi connectivity index (χ2n) is 12.0. The molecule has 10 heteroatoms. The molecular formula is C24H38F2N4O4. The summed E-state index contributed by atoms with van der Waals surface area (Å²) in [5.74, 6) is -3.97. The number of hydroxylamine groups is 4.